The Morgan fingerprint density at radius 2 is 1.05 bits per heavy atom. The lowest BCUT2D eigenvalue weighted by atomic mass is 10.0. The van der Waals surface area contributed by atoms with E-state index >= 15 is 0 Å². The molecule has 0 aliphatic rings. The third kappa shape index (κ3) is 15.6. The first kappa shape index (κ1) is 34.1. The number of hydrogen-bond acceptors (Lipinski definition) is 2. The normalized spacial score (nSPS) is 11.2. The molecule has 3 rings (SSSR count). The predicted molar refractivity (Wildman–Crippen MR) is 186 cm³/mol. The molecule has 0 spiro atoms. The lowest BCUT2D eigenvalue weighted by Crippen LogP contribution is -1.97. The van der Waals surface area contributed by atoms with Gasteiger partial charge in [-0.25, -0.2) is 0 Å². The Labute approximate surface area is 262 Å². The lowest BCUT2D eigenvalue weighted by molar-refractivity contribution is 0.104. The van der Waals surface area contributed by atoms with Gasteiger partial charge in [0.25, 0.3) is 0 Å². The molecule has 0 radical (unpaired) electrons. The Balaban J connectivity index is 1.04. The summed E-state index contributed by atoms with van der Waals surface area (Å²) >= 11 is 0. The fraction of sp³-hybridized carbons (Fsp3) is 0.439. The Kier molecular flexibility index (Phi) is 17.6. The Morgan fingerprint density at radius 1 is 0.558 bits per heavy atom. The molecular formula is C41H54O2. The summed E-state index contributed by atoms with van der Waals surface area (Å²) in [6, 6.07) is 26.2. The molecule has 0 aromatic heterocycles. The predicted octanol–water partition coefficient (Wildman–Crippen LogP) is 12.1. The van der Waals surface area contributed by atoms with Gasteiger partial charge in [-0.15, -0.1) is 0 Å². The maximum atomic E-state index is 12.2. The summed E-state index contributed by atoms with van der Waals surface area (Å²) in [6.45, 7) is 4.59. The second kappa shape index (κ2) is 22.2. The van der Waals surface area contributed by atoms with Gasteiger partial charge in [-0.1, -0.05) is 175 Å². The minimum absolute atomic E-state index is 0.0201. The quantitative estimate of drug-likeness (QED) is 0.0600. The van der Waals surface area contributed by atoms with Crippen LogP contribution in [0.25, 0.3) is 12.2 Å². The monoisotopic (exact) mass is 578 g/mol. The third-order valence-corrected chi connectivity index (χ3v) is 8.21. The lowest BCUT2D eigenvalue weighted by Gasteiger charge is -2.07. The Hall–Kier alpha value is -3.39. The van der Waals surface area contributed by atoms with E-state index in [2.05, 4.69) is 30.8 Å². The summed E-state index contributed by atoms with van der Waals surface area (Å²) in [4.78, 5) is 12.2. The van der Waals surface area contributed by atoms with Crippen LogP contribution in [0.2, 0.25) is 0 Å². The van der Waals surface area contributed by atoms with Gasteiger partial charge in [0.1, 0.15) is 5.75 Å². The fourth-order valence-corrected chi connectivity index (χ4v) is 5.46. The molecule has 0 aliphatic carbocycles. The minimum atomic E-state index is 0.0201. The summed E-state index contributed by atoms with van der Waals surface area (Å²) < 4.78 is 5.91. The molecule has 230 valence electrons. The molecule has 0 saturated heterocycles. The number of benzene rings is 3. The van der Waals surface area contributed by atoms with Crippen LogP contribution in [0, 0.1) is 0 Å². The number of carbonyl (C=O) groups excluding carboxylic acids is 1. The van der Waals surface area contributed by atoms with Crippen LogP contribution < -0.4 is 4.74 Å². The average molecular weight is 579 g/mol. The molecule has 3 aromatic rings. The zero-order valence-corrected chi connectivity index (χ0v) is 26.5. The van der Waals surface area contributed by atoms with E-state index in [0.717, 1.165) is 24.3 Å². The van der Waals surface area contributed by atoms with E-state index in [1.807, 2.05) is 66.7 Å². The van der Waals surface area contributed by atoms with Crippen LogP contribution in [0.3, 0.4) is 0 Å². The van der Waals surface area contributed by atoms with Crippen molar-refractivity contribution in [3.05, 3.63) is 114 Å². The summed E-state index contributed by atoms with van der Waals surface area (Å²) in [7, 11) is 0. The van der Waals surface area contributed by atoms with E-state index < -0.39 is 0 Å². The van der Waals surface area contributed by atoms with Gasteiger partial charge < -0.3 is 4.74 Å². The Morgan fingerprint density at radius 3 is 1.58 bits per heavy atom. The molecule has 0 unspecified atom stereocenters. The molecule has 0 fully saturated rings. The molecule has 43 heavy (non-hydrogen) atoms. The standard InChI is InChI=1S/C41H54O2/c1-2-36-25-27-37(28-26-36)22-18-15-13-11-9-7-5-3-4-6-8-10-12-14-16-21-35-43-40-32-29-38(30-33-40)31-34-41(42)39-23-19-17-20-24-39/h2,17,19-20,23-34H,1,3-16,18,21-22,35H2/b34-31+. The van der Waals surface area contributed by atoms with Crippen molar-refractivity contribution < 1.29 is 9.53 Å². The molecule has 2 nitrogen and oxygen atoms in total. The number of hydrogen-bond donors (Lipinski definition) is 0. The van der Waals surface area contributed by atoms with Crippen LogP contribution in [-0.4, -0.2) is 12.4 Å². The van der Waals surface area contributed by atoms with E-state index in [0.29, 0.717) is 5.56 Å². The number of allylic oxidation sites excluding steroid dienone is 1. The molecule has 0 heterocycles. The second-order valence-electron chi connectivity index (χ2n) is 11.8. The van der Waals surface area contributed by atoms with Crippen LogP contribution >= 0.6 is 0 Å². The SMILES string of the molecule is C=Cc1ccc(CCCCCCCCCCCCCCCCCCOc2ccc(/C=C/C(=O)c3ccccc3)cc2)cc1. The third-order valence-electron chi connectivity index (χ3n) is 8.21. The highest BCUT2D eigenvalue weighted by atomic mass is 16.5. The first-order valence-electron chi connectivity index (χ1n) is 17.0. The van der Waals surface area contributed by atoms with Gasteiger partial charge in [-0.3, -0.25) is 4.79 Å². The van der Waals surface area contributed by atoms with E-state index in [9.17, 15) is 4.79 Å². The van der Waals surface area contributed by atoms with Gasteiger partial charge >= 0.3 is 0 Å². The molecule has 3 aromatic carbocycles. The largest absolute Gasteiger partial charge is 0.494 e. The number of rotatable bonds is 24. The molecule has 2 heteroatoms. The highest BCUT2D eigenvalue weighted by Gasteiger charge is 2.01. The zero-order valence-electron chi connectivity index (χ0n) is 26.5. The second-order valence-corrected chi connectivity index (χ2v) is 11.8. The molecule has 0 saturated carbocycles. The van der Waals surface area contributed by atoms with Crippen molar-refractivity contribution >= 4 is 17.9 Å². The van der Waals surface area contributed by atoms with E-state index in [-0.39, 0.29) is 5.78 Å². The van der Waals surface area contributed by atoms with E-state index in [1.165, 1.54) is 114 Å². The van der Waals surface area contributed by atoms with Crippen molar-refractivity contribution in [3.8, 4) is 5.75 Å². The van der Waals surface area contributed by atoms with Crippen LogP contribution in [0.4, 0.5) is 0 Å². The number of aryl methyl sites for hydroxylation is 1. The molecule has 0 atom stereocenters. The van der Waals surface area contributed by atoms with Crippen molar-refractivity contribution in [2.75, 3.05) is 6.61 Å². The first-order valence-corrected chi connectivity index (χ1v) is 17.0. The van der Waals surface area contributed by atoms with Crippen molar-refractivity contribution in [1.82, 2.24) is 0 Å². The first-order chi connectivity index (χ1) is 21.2. The van der Waals surface area contributed by atoms with Crippen molar-refractivity contribution in [2.24, 2.45) is 0 Å². The van der Waals surface area contributed by atoms with Gasteiger partial charge in [0, 0.05) is 5.56 Å². The fourth-order valence-electron chi connectivity index (χ4n) is 5.46. The van der Waals surface area contributed by atoms with Gasteiger partial charge in [-0.2, -0.15) is 0 Å². The van der Waals surface area contributed by atoms with E-state index in [1.54, 1.807) is 6.08 Å². The zero-order chi connectivity index (χ0) is 30.2. The maximum absolute atomic E-state index is 12.2. The maximum Gasteiger partial charge on any atom is 0.185 e. The van der Waals surface area contributed by atoms with Crippen LogP contribution in [0.5, 0.6) is 5.75 Å². The molecule has 0 aliphatic heterocycles. The van der Waals surface area contributed by atoms with Gasteiger partial charge in [-0.05, 0) is 54.2 Å². The highest BCUT2D eigenvalue weighted by molar-refractivity contribution is 6.06. The minimum Gasteiger partial charge on any atom is -0.494 e. The number of ether oxygens (including phenoxy) is 1. The summed E-state index contributed by atoms with van der Waals surface area (Å²) in [5.74, 6) is 0.917. The summed E-state index contributed by atoms with van der Waals surface area (Å²) in [5.41, 5.74) is 4.38. The Bertz CT molecular complexity index is 1160. The van der Waals surface area contributed by atoms with Crippen LogP contribution in [0.15, 0.2) is 91.5 Å². The number of unbranched alkanes of at least 4 members (excludes halogenated alkanes) is 15. The topological polar surface area (TPSA) is 26.3 Å². The van der Waals surface area contributed by atoms with Crippen molar-refractivity contribution in [3.63, 3.8) is 0 Å². The summed E-state index contributed by atoms with van der Waals surface area (Å²) in [6.07, 6.45) is 28.3. The van der Waals surface area contributed by atoms with Crippen LogP contribution in [0.1, 0.15) is 130 Å². The molecule has 0 N–H and O–H groups in total. The summed E-state index contributed by atoms with van der Waals surface area (Å²) in [5, 5.41) is 0. The van der Waals surface area contributed by atoms with Gasteiger partial charge in [0.2, 0.25) is 0 Å². The van der Waals surface area contributed by atoms with Crippen LogP contribution in [-0.2, 0) is 6.42 Å². The molecular weight excluding hydrogens is 524 g/mol. The molecule has 0 amide bonds. The highest BCUT2D eigenvalue weighted by Crippen LogP contribution is 2.17. The van der Waals surface area contributed by atoms with Crippen molar-refractivity contribution in [2.45, 2.75) is 109 Å². The number of ketones is 1. The van der Waals surface area contributed by atoms with Gasteiger partial charge in [0.15, 0.2) is 5.78 Å². The van der Waals surface area contributed by atoms with Crippen molar-refractivity contribution in [1.29, 1.82) is 0 Å². The smallest absolute Gasteiger partial charge is 0.185 e. The number of carbonyl (C=O) groups is 1. The molecule has 0 bridgehead atoms. The van der Waals surface area contributed by atoms with E-state index in [4.69, 9.17) is 4.74 Å². The van der Waals surface area contributed by atoms with Gasteiger partial charge in [0.05, 0.1) is 6.61 Å². The average Bonchev–Trinajstić information content (AvgIpc) is 3.06.